The van der Waals surface area contributed by atoms with Crippen molar-refractivity contribution in [1.29, 1.82) is 0 Å². The molecule has 1 aromatic rings. The van der Waals surface area contributed by atoms with E-state index in [0.29, 0.717) is 18.5 Å². The summed E-state index contributed by atoms with van der Waals surface area (Å²) in [5.41, 5.74) is 7.02. The molecule has 1 heterocycles. The van der Waals surface area contributed by atoms with Crippen molar-refractivity contribution < 1.29 is 14.0 Å². The second-order valence-corrected chi connectivity index (χ2v) is 5.30. The number of hydrogen-bond acceptors (Lipinski definition) is 3. The van der Waals surface area contributed by atoms with E-state index in [4.69, 9.17) is 5.73 Å². The number of carbonyl (C=O) groups excluding carboxylic acids is 2. The van der Waals surface area contributed by atoms with E-state index in [1.54, 1.807) is 0 Å². The second kappa shape index (κ2) is 6.87. The van der Waals surface area contributed by atoms with Gasteiger partial charge in [-0.05, 0) is 30.0 Å². The summed E-state index contributed by atoms with van der Waals surface area (Å²) in [6, 6.07) is 2.07. The lowest BCUT2D eigenvalue weighted by molar-refractivity contribution is -0.118. The van der Waals surface area contributed by atoms with Gasteiger partial charge in [0.15, 0.2) is 0 Å². The molecule has 116 valence electrons. The van der Waals surface area contributed by atoms with E-state index in [1.807, 2.05) is 13.8 Å². The van der Waals surface area contributed by atoms with Crippen LogP contribution in [0.5, 0.6) is 0 Å². The molecule has 1 aliphatic heterocycles. The molecule has 21 heavy (non-hydrogen) atoms. The number of amides is 2. The maximum absolute atomic E-state index is 13.9. The highest BCUT2D eigenvalue weighted by atomic mass is 35.5. The predicted octanol–water partition coefficient (Wildman–Crippen LogP) is 2.05. The zero-order valence-corrected chi connectivity index (χ0v) is 12.7. The molecule has 1 atom stereocenters. The first kappa shape index (κ1) is 17.4. The highest BCUT2D eigenvalue weighted by molar-refractivity contribution is 5.98. The fourth-order valence-electron chi connectivity index (χ4n) is 2.01. The van der Waals surface area contributed by atoms with Crippen molar-refractivity contribution in [2.24, 2.45) is 11.7 Å². The molecule has 0 aromatic heterocycles. The molecule has 0 spiro atoms. The first-order valence-corrected chi connectivity index (χ1v) is 6.57. The van der Waals surface area contributed by atoms with Gasteiger partial charge in [-0.25, -0.2) is 4.39 Å². The molecule has 7 heteroatoms. The summed E-state index contributed by atoms with van der Waals surface area (Å²) in [6.07, 6.45) is 0.841. The minimum Gasteiger partial charge on any atom is -0.326 e. The summed E-state index contributed by atoms with van der Waals surface area (Å²) < 4.78 is 13.9. The Kier molecular flexibility index (Phi) is 5.69. The molecule has 4 N–H and O–H groups in total. The van der Waals surface area contributed by atoms with Gasteiger partial charge in [-0.15, -0.1) is 12.4 Å². The number of fused-ring (bicyclic) bond motifs is 1. The summed E-state index contributed by atoms with van der Waals surface area (Å²) in [6.45, 7) is 3.63. The molecule has 0 saturated heterocycles. The first-order chi connectivity index (χ1) is 9.38. The number of halogens is 2. The normalized spacial score (nSPS) is 14.8. The topological polar surface area (TPSA) is 84.2 Å². The van der Waals surface area contributed by atoms with Gasteiger partial charge in [0.1, 0.15) is 5.82 Å². The average molecular weight is 316 g/mol. The van der Waals surface area contributed by atoms with Crippen LogP contribution in [0.2, 0.25) is 0 Å². The van der Waals surface area contributed by atoms with E-state index >= 15 is 0 Å². The molecule has 0 bridgehead atoms. The van der Waals surface area contributed by atoms with Gasteiger partial charge in [-0.3, -0.25) is 9.59 Å². The van der Waals surface area contributed by atoms with Gasteiger partial charge in [0.05, 0.1) is 11.7 Å². The largest absolute Gasteiger partial charge is 0.326 e. The molecule has 2 rings (SSSR count). The molecule has 0 aliphatic carbocycles. The summed E-state index contributed by atoms with van der Waals surface area (Å²) in [7, 11) is 0. The quantitative estimate of drug-likeness (QED) is 0.798. The standard InChI is InChI=1S/C14H18FN3O2.ClH/c1-7(2)13(16)14(20)18-11-6-10-8(5-9(11)15)3-4-12(19)17-10;/h5-7,13H,3-4,16H2,1-2H3,(H,17,19)(H,18,20);1H. The van der Waals surface area contributed by atoms with Crippen molar-refractivity contribution in [1.82, 2.24) is 0 Å². The Morgan fingerprint density at radius 1 is 1.38 bits per heavy atom. The summed E-state index contributed by atoms with van der Waals surface area (Å²) in [5, 5.41) is 5.13. The van der Waals surface area contributed by atoms with Gasteiger partial charge >= 0.3 is 0 Å². The minimum atomic E-state index is -0.708. The highest BCUT2D eigenvalue weighted by Gasteiger charge is 2.21. The maximum atomic E-state index is 13.9. The van der Waals surface area contributed by atoms with Gasteiger partial charge in [0.2, 0.25) is 11.8 Å². The van der Waals surface area contributed by atoms with Crippen molar-refractivity contribution in [3.05, 3.63) is 23.5 Å². The number of hydrogen-bond donors (Lipinski definition) is 3. The SMILES string of the molecule is CC(C)C(N)C(=O)Nc1cc2c(cc1F)CCC(=O)N2.Cl. The van der Waals surface area contributed by atoms with Crippen molar-refractivity contribution in [3.8, 4) is 0 Å². The van der Waals surface area contributed by atoms with Crippen molar-refractivity contribution >= 4 is 35.6 Å². The third-order valence-electron chi connectivity index (χ3n) is 3.37. The molecule has 1 aliphatic rings. The lowest BCUT2D eigenvalue weighted by Gasteiger charge is -2.20. The van der Waals surface area contributed by atoms with E-state index in [1.165, 1.54) is 12.1 Å². The Bertz CT molecular complexity index is 563. The summed E-state index contributed by atoms with van der Waals surface area (Å²) in [5.74, 6) is -1.12. The van der Waals surface area contributed by atoms with E-state index in [-0.39, 0.29) is 29.9 Å². The van der Waals surface area contributed by atoms with Crippen molar-refractivity contribution in [2.75, 3.05) is 10.6 Å². The Morgan fingerprint density at radius 3 is 2.67 bits per heavy atom. The fourth-order valence-corrected chi connectivity index (χ4v) is 2.01. The van der Waals surface area contributed by atoms with Crippen LogP contribution in [0.3, 0.4) is 0 Å². The number of rotatable bonds is 3. The predicted molar refractivity (Wildman–Crippen MR) is 82.0 cm³/mol. The number of nitrogens with one attached hydrogen (secondary N) is 2. The van der Waals surface area contributed by atoms with E-state index < -0.39 is 17.8 Å². The van der Waals surface area contributed by atoms with Crippen LogP contribution in [0.4, 0.5) is 15.8 Å². The molecule has 5 nitrogen and oxygen atoms in total. The minimum absolute atomic E-state index is 0. The van der Waals surface area contributed by atoms with Crippen LogP contribution < -0.4 is 16.4 Å². The molecule has 0 radical (unpaired) electrons. The summed E-state index contributed by atoms with van der Waals surface area (Å²) in [4.78, 5) is 23.2. The Labute approximate surface area is 128 Å². The molecule has 1 aromatic carbocycles. The molecule has 1 unspecified atom stereocenters. The Balaban J connectivity index is 0.00000220. The zero-order chi connectivity index (χ0) is 14.9. The van der Waals surface area contributed by atoms with E-state index in [2.05, 4.69) is 10.6 Å². The number of carbonyl (C=O) groups is 2. The lowest BCUT2D eigenvalue weighted by Crippen LogP contribution is -2.40. The lowest BCUT2D eigenvalue weighted by atomic mass is 10.0. The van der Waals surface area contributed by atoms with Gasteiger partial charge in [-0.2, -0.15) is 0 Å². The smallest absolute Gasteiger partial charge is 0.241 e. The second-order valence-electron chi connectivity index (χ2n) is 5.30. The molecule has 2 amide bonds. The van der Waals surface area contributed by atoms with Crippen LogP contribution in [0.15, 0.2) is 12.1 Å². The molecular weight excluding hydrogens is 297 g/mol. The van der Waals surface area contributed by atoms with Crippen LogP contribution >= 0.6 is 12.4 Å². The van der Waals surface area contributed by atoms with Crippen LogP contribution in [-0.4, -0.2) is 17.9 Å². The van der Waals surface area contributed by atoms with Gasteiger partial charge in [0, 0.05) is 12.1 Å². The number of nitrogens with two attached hydrogens (primary N) is 1. The van der Waals surface area contributed by atoms with Crippen LogP contribution in [0, 0.1) is 11.7 Å². The number of aryl methyl sites for hydroxylation is 1. The fraction of sp³-hybridized carbons (Fsp3) is 0.429. The Hall–Kier alpha value is -1.66. The summed E-state index contributed by atoms with van der Waals surface area (Å²) >= 11 is 0. The van der Waals surface area contributed by atoms with Gasteiger partial charge < -0.3 is 16.4 Å². The van der Waals surface area contributed by atoms with E-state index in [9.17, 15) is 14.0 Å². The maximum Gasteiger partial charge on any atom is 0.241 e. The first-order valence-electron chi connectivity index (χ1n) is 6.57. The van der Waals surface area contributed by atoms with Crippen LogP contribution in [-0.2, 0) is 16.0 Å². The zero-order valence-electron chi connectivity index (χ0n) is 11.9. The number of anilines is 2. The highest BCUT2D eigenvalue weighted by Crippen LogP contribution is 2.28. The Morgan fingerprint density at radius 2 is 2.05 bits per heavy atom. The van der Waals surface area contributed by atoms with E-state index in [0.717, 1.165) is 5.56 Å². The number of benzene rings is 1. The average Bonchev–Trinajstić information content (AvgIpc) is 2.39. The monoisotopic (exact) mass is 315 g/mol. The molecule has 0 saturated carbocycles. The van der Waals surface area contributed by atoms with Crippen molar-refractivity contribution in [3.63, 3.8) is 0 Å². The third kappa shape index (κ3) is 3.92. The van der Waals surface area contributed by atoms with Crippen LogP contribution in [0.1, 0.15) is 25.8 Å². The third-order valence-corrected chi connectivity index (χ3v) is 3.37. The molecular formula is C14H19ClFN3O2. The van der Waals surface area contributed by atoms with Crippen molar-refractivity contribution in [2.45, 2.75) is 32.7 Å². The van der Waals surface area contributed by atoms with Gasteiger partial charge in [-0.1, -0.05) is 13.8 Å². The molecule has 0 fully saturated rings. The van der Waals surface area contributed by atoms with Crippen LogP contribution in [0.25, 0.3) is 0 Å². The van der Waals surface area contributed by atoms with Gasteiger partial charge in [0.25, 0.3) is 0 Å².